The summed E-state index contributed by atoms with van der Waals surface area (Å²) in [5.74, 6) is -0.0715. The molecule has 27 heavy (non-hydrogen) atoms. The first-order chi connectivity index (χ1) is 13.2. The standard InChI is InChI=1S/C24H30O3/c1-3-5-17-21(23(25)19-13-9-7-10-14-19)27-22(18-6-4-2)24(26)20-15-11-8-12-16-20/h7-16,21-22H,3-6,17-18H2,1-2H3. The van der Waals surface area contributed by atoms with Crippen LogP contribution in [-0.4, -0.2) is 23.8 Å². The minimum absolute atomic E-state index is 0.0357. The van der Waals surface area contributed by atoms with Crippen molar-refractivity contribution in [2.24, 2.45) is 0 Å². The second-order valence-electron chi connectivity index (χ2n) is 6.86. The molecule has 144 valence electrons. The number of ketones is 2. The summed E-state index contributed by atoms with van der Waals surface area (Å²) < 4.78 is 6.19. The number of hydrogen-bond acceptors (Lipinski definition) is 3. The maximum absolute atomic E-state index is 13.0. The van der Waals surface area contributed by atoms with Crippen molar-refractivity contribution in [3.63, 3.8) is 0 Å². The van der Waals surface area contributed by atoms with E-state index in [1.807, 2.05) is 60.7 Å². The molecular formula is C24H30O3. The molecule has 2 unspecified atom stereocenters. The summed E-state index contributed by atoms with van der Waals surface area (Å²) in [7, 11) is 0. The lowest BCUT2D eigenvalue weighted by molar-refractivity contribution is -0.00392. The predicted molar refractivity (Wildman–Crippen MR) is 109 cm³/mol. The Morgan fingerprint density at radius 1 is 0.704 bits per heavy atom. The quantitative estimate of drug-likeness (QED) is 0.440. The van der Waals surface area contributed by atoms with Gasteiger partial charge in [0.2, 0.25) is 0 Å². The van der Waals surface area contributed by atoms with Gasteiger partial charge in [-0.1, -0.05) is 100 Å². The first kappa shape index (κ1) is 21.0. The zero-order valence-corrected chi connectivity index (χ0v) is 16.4. The summed E-state index contributed by atoms with van der Waals surface area (Å²) in [5, 5.41) is 0. The number of unbranched alkanes of at least 4 members (excludes halogenated alkanes) is 2. The Bertz CT molecular complexity index is 633. The lowest BCUT2D eigenvalue weighted by Gasteiger charge is -2.24. The normalized spacial score (nSPS) is 13.1. The van der Waals surface area contributed by atoms with Gasteiger partial charge in [0.1, 0.15) is 12.2 Å². The molecule has 0 heterocycles. The molecule has 0 amide bonds. The third-order valence-electron chi connectivity index (χ3n) is 4.67. The highest BCUT2D eigenvalue weighted by Gasteiger charge is 2.28. The Hall–Kier alpha value is -2.26. The SMILES string of the molecule is CCCCC(OC(CCCC)C(=O)c1ccccc1)C(=O)c1ccccc1. The van der Waals surface area contributed by atoms with Crippen molar-refractivity contribution < 1.29 is 14.3 Å². The zero-order valence-electron chi connectivity index (χ0n) is 16.4. The molecule has 0 aliphatic carbocycles. The van der Waals surface area contributed by atoms with E-state index in [9.17, 15) is 9.59 Å². The third-order valence-corrected chi connectivity index (χ3v) is 4.67. The van der Waals surface area contributed by atoms with Crippen LogP contribution in [0.15, 0.2) is 60.7 Å². The molecule has 0 radical (unpaired) electrons. The Morgan fingerprint density at radius 3 is 1.41 bits per heavy atom. The average molecular weight is 367 g/mol. The van der Waals surface area contributed by atoms with Gasteiger partial charge in [0.15, 0.2) is 11.6 Å². The number of benzene rings is 2. The molecule has 2 aromatic rings. The second kappa shape index (κ2) is 11.5. The molecule has 0 spiro atoms. The molecule has 3 heteroatoms. The summed E-state index contributed by atoms with van der Waals surface area (Å²) in [6.45, 7) is 4.18. The van der Waals surface area contributed by atoms with E-state index in [0.29, 0.717) is 24.0 Å². The molecular weight excluding hydrogens is 336 g/mol. The molecule has 0 aromatic heterocycles. The smallest absolute Gasteiger partial charge is 0.191 e. The van der Waals surface area contributed by atoms with E-state index >= 15 is 0 Å². The fourth-order valence-corrected chi connectivity index (χ4v) is 3.08. The molecule has 0 fully saturated rings. The van der Waals surface area contributed by atoms with Crippen molar-refractivity contribution >= 4 is 11.6 Å². The molecule has 0 aliphatic rings. The van der Waals surface area contributed by atoms with Crippen LogP contribution in [0.4, 0.5) is 0 Å². The molecule has 0 saturated heterocycles. The van der Waals surface area contributed by atoms with Gasteiger partial charge in [-0.05, 0) is 12.8 Å². The summed E-state index contributed by atoms with van der Waals surface area (Å²) in [6.07, 6.45) is 3.85. The largest absolute Gasteiger partial charge is 0.359 e. The number of Topliss-reactive ketones (excluding diaryl/α,β-unsaturated/α-hetero) is 2. The molecule has 0 N–H and O–H groups in total. The van der Waals surface area contributed by atoms with Gasteiger partial charge in [-0.2, -0.15) is 0 Å². The molecule has 2 atom stereocenters. The fourth-order valence-electron chi connectivity index (χ4n) is 3.08. The summed E-state index contributed by atoms with van der Waals surface area (Å²) in [6, 6.07) is 18.4. The lowest BCUT2D eigenvalue weighted by atomic mass is 9.99. The van der Waals surface area contributed by atoms with Gasteiger partial charge in [-0.15, -0.1) is 0 Å². The number of ether oxygens (including phenoxy) is 1. The van der Waals surface area contributed by atoms with Gasteiger partial charge >= 0.3 is 0 Å². The van der Waals surface area contributed by atoms with Crippen molar-refractivity contribution in [2.45, 2.75) is 64.6 Å². The van der Waals surface area contributed by atoms with E-state index in [4.69, 9.17) is 4.74 Å². The van der Waals surface area contributed by atoms with E-state index in [2.05, 4.69) is 13.8 Å². The molecule has 2 aromatic carbocycles. The van der Waals surface area contributed by atoms with Crippen molar-refractivity contribution in [1.29, 1.82) is 0 Å². The van der Waals surface area contributed by atoms with E-state index < -0.39 is 12.2 Å². The molecule has 0 bridgehead atoms. The van der Waals surface area contributed by atoms with E-state index in [1.54, 1.807) is 0 Å². The van der Waals surface area contributed by atoms with Crippen molar-refractivity contribution in [3.8, 4) is 0 Å². The minimum Gasteiger partial charge on any atom is -0.359 e. The first-order valence-electron chi connectivity index (χ1n) is 10.0. The van der Waals surface area contributed by atoms with Gasteiger partial charge in [-0.25, -0.2) is 0 Å². The van der Waals surface area contributed by atoms with Crippen LogP contribution < -0.4 is 0 Å². The molecule has 3 nitrogen and oxygen atoms in total. The lowest BCUT2D eigenvalue weighted by Crippen LogP contribution is -2.34. The Kier molecular flexibility index (Phi) is 8.93. The van der Waals surface area contributed by atoms with Crippen molar-refractivity contribution in [3.05, 3.63) is 71.8 Å². The van der Waals surface area contributed by atoms with Crippen LogP contribution in [0.3, 0.4) is 0 Å². The number of carbonyl (C=O) groups excluding carboxylic acids is 2. The Morgan fingerprint density at radius 2 is 1.07 bits per heavy atom. The predicted octanol–water partition coefficient (Wildman–Crippen LogP) is 5.89. The van der Waals surface area contributed by atoms with Crippen LogP contribution in [0.25, 0.3) is 0 Å². The van der Waals surface area contributed by atoms with Gasteiger partial charge < -0.3 is 4.74 Å². The molecule has 0 aliphatic heterocycles. The van der Waals surface area contributed by atoms with Crippen LogP contribution in [0.5, 0.6) is 0 Å². The van der Waals surface area contributed by atoms with E-state index in [0.717, 1.165) is 25.7 Å². The zero-order chi connectivity index (χ0) is 19.5. The van der Waals surface area contributed by atoms with Crippen LogP contribution >= 0.6 is 0 Å². The maximum atomic E-state index is 13.0. The minimum atomic E-state index is -0.582. The van der Waals surface area contributed by atoms with Crippen LogP contribution in [0, 0.1) is 0 Å². The molecule has 2 rings (SSSR count). The highest BCUT2D eigenvalue weighted by atomic mass is 16.5. The van der Waals surface area contributed by atoms with Gasteiger partial charge in [0, 0.05) is 11.1 Å². The van der Waals surface area contributed by atoms with Crippen LogP contribution in [0.1, 0.15) is 73.1 Å². The average Bonchev–Trinajstić information content (AvgIpc) is 2.73. The van der Waals surface area contributed by atoms with Crippen molar-refractivity contribution in [2.75, 3.05) is 0 Å². The van der Waals surface area contributed by atoms with Gasteiger partial charge in [-0.3, -0.25) is 9.59 Å². The second-order valence-corrected chi connectivity index (χ2v) is 6.86. The number of carbonyl (C=O) groups is 2. The molecule has 0 saturated carbocycles. The Balaban J connectivity index is 2.20. The highest BCUT2D eigenvalue weighted by molar-refractivity contribution is 6.01. The van der Waals surface area contributed by atoms with Crippen LogP contribution in [-0.2, 0) is 4.74 Å². The van der Waals surface area contributed by atoms with Crippen LogP contribution in [0.2, 0.25) is 0 Å². The number of rotatable bonds is 12. The van der Waals surface area contributed by atoms with E-state index in [1.165, 1.54) is 0 Å². The topological polar surface area (TPSA) is 43.4 Å². The van der Waals surface area contributed by atoms with Crippen molar-refractivity contribution in [1.82, 2.24) is 0 Å². The fraction of sp³-hybridized carbons (Fsp3) is 0.417. The summed E-state index contributed by atoms with van der Waals surface area (Å²) in [4.78, 5) is 26.0. The highest BCUT2D eigenvalue weighted by Crippen LogP contribution is 2.20. The third kappa shape index (κ3) is 6.44. The summed E-state index contributed by atoms with van der Waals surface area (Å²) in [5.41, 5.74) is 1.28. The monoisotopic (exact) mass is 366 g/mol. The van der Waals surface area contributed by atoms with Gasteiger partial charge in [0.05, 0.1) is 0 Å². The number of hydrogen-bond donors (Lipinski definition) is 0. The maximum Gasteiger partial charge on any atom is 0.191 e. The summed E-state index contributed by atoms with van der Waals surface area (Å²) >= 11 is 0. The van der Waals surface area contributed by atoms with E-state index in [-0.39, 0.29) is 11.6 Å². The Labute approximate surface area is 162 Å². The van der Waals surface area contributed by atoms with Gasteiger partial charge in [0.25, 0.3) is 0 Å². The first-order valence-corrected chi connectivity index (χ1v) is 10.0.